The summed E-state index contributed by atoms with van der Waals surface area (Å²) in [6.07, 6.45) is 6.54. The minimum absolute atomic E-state index is 0.524. The Bertz CT molecular complexity index is 432. The summed E-state index contributed by atoms with van der Waals surface area (Å²) < 4.78 is 6.59. The van der Waals surface area contributed by atoms with Gasteiger partial charge < -0.3 is 4.42 Å². The zero-order valence-corrected chi connectivity index (χ0v) is 5.90. The second kappa shape index (κ2) is 1.86. The molecule has 0 N–H and O–H groups in total. The van der Waals surface area contributed by atoms with Gasteiger partial charge in [-0.05, 0) is 5.92 Å². The average Bonchev–Trinajstić information content (AvgIpc) is 2.54. The molecule has 0 unspecified atom stereocenters. The van der Waals surface area contributed by atoms with Crippen molar-refractivity contribution >= 4 is 11.2 Å². The van der Waals surface area contributed by atoms with Gasteiger partial charge in [-0.2, -0.15) is 5.10 Å². The number of hydrogen-bond donors (Lipinski definition) is 0. The minimum Gasteiger partial charge on any atom is -0.425 e. The number of aromatic nitrogens is 3. The first kappa shape index (κ1) is 5.98. The first-order valence-electron chi connectivity index (χ1n) is 3.05. The molecule has 0 radical (unpaired) electrons. The molecular formula is C7H5N3O. The van der Waals surface area contributed by atoms with E-state index in [0.717, 1.165) is 0 Å². The molecule has 0 saturated heterocycles. The summed E-state index contributed by atoms with van der Waals surface area (Å²) in [4.78, 5) is 3.92. The predicted octanol–water partition coefficient (Wildman–Crippen LogP) is 0.543. The van der Waals surface area contributed by atoms with Crippen LogP contribution in [0.4, 0.5) is 0 Å². The molecule has 11 heavy (non-hydrogen) atoms. The number of nitrogens with zero attached hydrogens (tertiary/aromatic N) is 3. The molecule has 0 bridgehead atoms. The number of oxazole rings is 1. The van der Waals surface area contributed by atoms with E-state index in [1.54, 1.807) is 11.7 Å². The van der Waals surface area contributed by atoms with Crippen LogP contribution >= 0.6 is 0 Å². The Morgan fingerprint density at radius 3 is 3.27 bits per heavy atom. The van der Waals surface area contributed by atoms with Crippen LogP contribution in [0, 0.1) is 12.3 Å². The van der Waals surface area contributed by atoms with Crippen LogP contribution in [0.15, 0.2) is 10.8 Å². The fraction of sp³-hybridized carbons (Fsp3) is 0.143. The van der Waals surface area contributed by atoms with E-state index < -0.39 is 0 Å². The predicted molar refractivity (Wildman–Crippen MR) is 38.7 cm³/mol. The van der Waals surface area contributed by atoms with E-state index in [0.29, 0.717) is 16.9 Å². The van der Waals surface area contributed by atoms with Gasteiger partial charge in [-0.3, -0.25) is 0 Å². The van der Waals surface area contributed by atoms with Crippen molar-refractivity contribution in [2.75, 3.05) is 0 Å². The molecule has 4 nitrogen and oxygen atoms in total. The van der Waals surface area contributed by atoms with E-state index in [1.165, 1.54) is 6.39 Å². The molecule has 2 rings (SSSR count). The maximum absolute atomic E-state index is 5.18. The lowest BCUT2D eigenvalue weighted by atomic mass is 10.4. The van der Waals surface area contributed by atoms with Gasteiger partial charge in [0.1, 0.15) is 0 Å². The third-order valence-electron chi connectivity index (χ3n) is 1.45. The molecule has 54 valence electrons. The Morgan fingerprint density at radius 2 is 2.55 bits per heavy atom. The Labute approximate surface area is 62.8 Å². The van der Waals surface area contributed by atoms with Crippen LogP contribution in [-0.4, -0.2) is 14.8 Å². The third kappa shape index (κ3) is 0.649. The van der Waals surface area contributed by atoms with Gasteiger partial charge in [-0.15, -0.1) is 6.42 Å². The largest absolute Gasteiger partial charge is 0.425 e. The molecular weight excluding hydrogens is 142 g/mol. The molecule has 0 saturated carbocycles. The molecule has 2 aromatic heterocycles. The van der Waals surface area contributed by atoms with E-state index in [4.69, 9.17) is 10.8 Å². The Hall–Kier alpha value is -1.76. The van der Waals surface area contributed by atoms with Crippen LogP contribution in [0.25, 0.3) is 11.2 Å². The molecule has 0 spiro atoms. The Balaban J connectivity index is 2.94. The lowest BCUT2D eigenvalue weighted by molar-refractivity contribution is 0.556. The van der Waals surface area contributed by atoms with Crippen LogP contribution in [0.5, 0.6) is 0 Å². The van der Waals surface area contributed by atoms with Crippen LogP contribution in [-0.2, 0) is 7.05 Å². The van der Waals surface area contributed by atoms with E-state index >= 15 is 0 Å². The smallest absolute Gasteiger partial charge is 0.246 e. The van der Waals surface area contributed by atoms with E-state index in [2.05, 4.69) is 16.0 Å². The van der Waals surface area contributed by atoms with Crippen LogP contribution < -0.4 is 0 Å². The summed E-state index contributed by atoms with van der Waals surface area (Å²) in [5, 5.41) is 3.99. The highest BCUT2D eigenvalue weighted by Crippen LogP contribution is 2.13. The van der Waals surface area contributed by atoms with Crippen molar-refractivity contribution in [2.24, 2.45) is 7.05 Å². The number of fused-ring (bicyclic) bond motifs is 1. The van der Waals surface area contributed by atoms with Crippen molar-refractivity contribution in [1.82, 2.24) is 14.8 Å². The highest BCUT2D eigenvalue weighted by molar-refractivity contribution is 5.74. The minimum atomic E-state index is 0.524. The lowest BCUT2D eigenvalue weighted by Gasteiger charge is -1.82. The van der Waals surface area contributed by atoms with Crippen molar-refractivity contribution in [3.8, 4) is 12.3 Å². The second-order valence-corrected chi connectivity index (χ2v) is 2.12. The second-order valence-electron chi connectivity index (χ2n) is 2.12. The van der Waals surface area contributed by atoms with Crippen LogP contribution in [0.2, 0.25) is 0 Å². The van der Waals surface area contributed by atoms with Crippen LogP contribution in [0.1, 0.15) is 5.69 Å². The van der Waals surface area contributed by atoms with Crippen molar-refractivity contribution < 1.29 is 4.42 Å². The van der Waals surface area contributed by atoms with Crippen LogP contribution in [0.3, 0.4) is 0 Å². The molecule has 2 aromatic rings. The molecule has 0 amide bonds. The van der Waals surface area contributed by atoms with Crippen molar-refractivity contribution in [1.29, 1.82) is 0 Å². The van der Waals surface area contributed by atoms with Crippen molar-refractivity contribution in [3.63, 3.8) is 0 Å². The zero-order valence-electron chi connectivity index (χ0n) is 5.90. The van der Waals surface area contributed by atoms with Gasteiger partial charge in [0.2, 0.25) is 5.71 Å². The summed E-state index contributed by atoms with van der Waals surface area (Å²) in [7, 11) is 1.76. The Morgan fingerprint density at radius 1 is 1.73 bits per heavy atom. The third-order valence-corrected chi connectivity index (χ3v) is 1.45. The fourth-order valence-electron chi connectivity index (χ4n) is 0.972. The van der Waals surface area contributed by atoms with E-state index in [9.17, 15) is 0 Å². The molecule has 0 fully saturated rings. The summed E-state index contributed by atoms with van der Waals surface area (Å²) in [6, 6.07) is 0. The SMILES string of the molecule is C#Cc1nn(C)c2ocnc12. The number of terminal acetylenes is 1. The molecule has 0 atom stereocenters. The van der Waals surface area contributed by atoms with E-state index in [1.807, 2.05) is 0 Å². The van der Waals surface area contributed by atoms with E-state index in [-0.39, 0.29) is 0 Å². The molecule has 4 heteroatoms. The summed E-state index contributed by atoms with van der Waals surface area (Å²) in [6.45, 7) is 0. The quantitative estimate of drug-likeness (QED) is 0.511. The molecule has 0 aromatic carbocycles. The van der Waals surface area contributed by atoms with Gasteiger partial charge in [0.25, 0.3) is 0 Å². The first-order valence-corrected chi connectivity index (χ1v) is 3.05. The van der Waals surface area contributed by atoms with Crippen molar-refractivity contribution in [2.45, 2.75) is 0 Å². The van der Waals surface area contributed by atoms with Gasteiger partial charge in [0.15, 0.2) is 17.6 Å². The number of hydrogen-bond acceptors (Lipinski definition) is 3. The van der Waals surface area contributed by atoms with Gasteiger partial charge >= 0.3 is 0 Å². The average molecular weight is 147 g/mol. The molecule has 0 aliphatic heterocycles. The Kier molecular flexibility index (Phi) is 1.01. The number of aryl methyl sites for hydroxylation is 1. The normalized spacial score (nSPS) is 10.2. The topological polar surface area (TPSA) is 43.9 Å². The van der Waals surface area contributed by atoms with Gasteiger partial charge in [0, 0.05) is 7.05 Å². The molecule has 2 heterocycles. The number of rotatable bonds is 0. The molecule has 0 aliphatic rings. The molecule has 0 aliphatic carbocycles. The zero-order chi connectivity index (χ0) is 7.84. The summed E-state index contributed by atoms with van der Waals surface area (Å²) in [5.41, 5.74) is 1.78. The standard InChI is InChI=1S/C7H5N3O/c1-3-5-6-7(10(2)9-5)11-4-8-6/h1,4H,2H3. The summed E-state index contributed by atoms with van der Waals surface area (Å²) in [5.74, 6) is 2.42. The van der Waals surface area contributed by atoms with Gasteiger partial charge in [0.05, 0.1) is 0 Å². The monoisotopic (exact) mass is 147 g/mol. The first-order chi connectivity index (χ1) is 5.33. The maximum atomic E-state index is 5.18. The van der Waals surface area contributed by atoms with Gasteiger partial charge in [-0.25, -0.2) is 9.67 Å². The van der Waals surface area contributed by atoms with Crippen molar-refractivity contribution in [3.05, 3.63) is 12.1 Å². The summed E-state index contributed by atoms with van der Waals surface area (Å²) >= 11 is 0. The lowest BCUT2D eigenvalue weighted by Crippen LogP contribution is -1.88. The fourth-order valence-corrected chi connectivity index (χ4v) is 0.972. The maximum Gasteiger partial charge on any atom is 0.246 e. The highest BCUT2D eigenvalue weighted by Gasteiger charge is 2.09. The highest BCUT2D eigenvalue weighted by atomic mass is 16.3. The van der Waals surface area contributed by atoms with Gasteiger partial charge in [-0.1, -0.05) is 0 Å².